The molecule has 39 heavy (non-hydrogen) atoms. The van der Waals surface area contributed by atoms with Gasteiger partial charge in [0.15, 0.2) is 0 Å². The third-order valence-electron chi connectivity index (χ3n) is 7.62. The Hall–Kier alpha value is -2.59. The molecule has 7 nitrogen and oxygen atoms in total. The van der Waals surface area contributed by atoms with E-state index in [0.717, 1.165) is 48.6 Å². The van der Waals surface area contributed by atoms with E-state index in [-0.39, 0.29) is 11.9 Å². The van der Waals surface area contributed by atoms with Crippen LogP contribution in [0.15, 0.2) is 36.4 Å². The molecule has 2 aromatic carbocycles. The first-order chi connectivity index (χ1) is 18.9. The lowest BCUT2D eigenvalue weighted by atomic mass is 9.75. The van der Waals surface area contributed by atoms with Crippen LogP contribution in [0, 0.1) is 17.6 Å². The van der Waals surface area contributed by atoms with Gasteiger partial charge < -0.3 is 29.2 Å². The Bertz CT molecular complexity index is 1060. The third kappa shape index (κ3) is 7.33. The molecule has 1 saturated heterocycles. The highest BCUT2D eigenvalue weighted by Crippen LogP contribution is 2.42. The largest absolute Gasteiger partial charge is 0.491 e. The van der Waals surface area contributed by atoms with Crippen LogP contribution in [-0.4, -0.2) is 71.1 Å². The number of methoxy groups -OCH3 is 3. The third-order valence-corrected chi connectivity index (χ3v) is 7.62. The second kappa shape index (κ2) is 13.7. The minimum atomic E-state index is -1.13. The number of halogens is 2. The highest BCUT2D eigenvalue weighted by molar-refractivity contribution is 5.81. The summed E-state index contributed by atoms with van der Waals surface area (Å²) in [5, 5.41) is 3.30. The van der Waals surface area contributed by atoms with Gasteiger partial charge in [0.2, 0.25) is 5.91 Å². The SMILES string of the molecule is COCCCc1cc(CN(C(=O)[C@H]2CNCC[C@]2(OC)c2cc(F)cc(F)c2)C2CC2)cc(OCCOC)c1. The van der Waals surface area contributed by atoms with E-state index in [1.54, 1.807) is 14.2 Å². The van der Waals surface area contributed by atoms with Crippen LogP contribution in [0.4, 0.5) is 8.78 Å². The van der Waals surface area contributed by atoms with E-state index < -0.39 is 23.2 Å². The van der Waals surface area contributed by atoms with Gasteiger partial charge in [-0.3, -0.25) is 4.79 Å². The molecule has 1 aliphatic heterocycles. The van der Waals surface area contributed by atoms with Gasteiger partial charge in [-0.25, -0.2) is 8.78 Å². The van der Waals surface area contributed by atoms with E-state index in [9.17, 15) is 13.6 Å². The molecule has 0 radical (unpaired) electrons. The molecule has 4 rings (SSSR count). The number of ether oxygens (including phenoxy) is 4. The van der Waals surface area contributed by atoms with Crippen LogP contribution >= 0.6 is 0 Å². The number of amides is 1. The fourth-order valence-electron chi connectivity index (χ4n) is 5.53. The van der Waals surface area contributed by atoms with Crippen molar-refractivity contribution < 1.29 is 32.5 Å². The summed E-state index contributed by atoms with van der Waals surface area (Å²) >= 11 is 0. The molecule has 1 saturated carbocycles. The first kappa shape index (κ1) is 29.4. The quantitative estimate of drug-likeness (QED) is 0.358. The van der Waals surface area contributed by atoms with Crippen LogP contribution in [0.2, 0.25) is 0 Å². The van der Waals surface area contributed by atoms with Gasteiger partial charge >= 0.3 is 0 Å². The predicted octanol–water partition coefficient (Wildman–Crippen LogP) is 4.21. The van der Waals surface area contributed by atoms with Crippen LogP contribution in [0.5, 0.6) is 5.75 Å². The first-order valence-electron chi connectivity index (χ1n) is 13.7. The average molecular weight is 547 g/mol. The van der Waals surface area contributed by atoms with Crippen LogP contribution in [0.1, 0.15) is 42.4 Å². The van der Waals surface area contributed by atoms with Crippen molar-refractivity contribution in [3.05, 3.63) is 64.7 Å². The van der Waals surface area contributed by atoms with Crippen molar-refractivity contribution >= 4 is 5.91 Å². The summed E-state index contributed by atoms with van der Waals surface area (Å²) in [5.41, 5.74) is 1.31. The van der Waals surface area contributed by atoms with Gasteiger partial charge in [-0.05, 0) is 79.6 Å². The molecule has 1 heterocycles. The summed E-state index contributed by atoms with van der Waals surface area (Å²) in [7, 11) is 4.84. The fourth-order valence-corrected chi connectivity index (χ4v) is 5.53. The number of benzene rings is 2. The minimum Gasteiger partial charge on any atom is -0.491 e. The van der Waals surface area contributed by atoms with E-state index in [1.165, 1.54) is 19.2 Å². The van der Waals surface area contributed by atoms with E-state index in [4.69, 9.17) is 18.9 Å². The summed E-state index contributed by atoms with van der Waals surface area (Å²) in [6, 6.07) is 9.65. The molecule has 0 unspecified atom stereocenters. The van der Waals surface area contributed by atoms with E-state index in [1.807, 2.05) is 17.0 Å². The van der Waals surface area contributed by atoms with Crippen molar-refractivity contribution in [3.63, 3.8) is 0 Å². The second-order valence-corrected chi connectivity index (χ2v) is 10.4. The molecule has 0 spiro atoms. The highest BCUT2D eigenvalue weighted by Gasteiger charge is 2.50. The van der Waals surface area contributed by atoms with E-state index in [2.05, 4.69) is 11.4 Å². The Morgan fingerprint density at radius 3 is 2.36 bits per heavy atom. The molecule has 0 bridgehead atoms. The van der Waals surface area contributed by atoms with Crippen LogP contribution in [0.3, 0.4) is 0 Å². The maximum Gasteiger partial charge on any atom is 0.230 e. The van der Waals surface area contributed by atoms with Gasteiger partial charge in [0.05, 0.1) is 12.5 Å². The molecule has 1 N–H and O–H groups in total. The summed E-state index contributed by atoms with van der Waals surface area (Å²) in [6.45, 7) is 2.91. The van der Waals surface area contributed by atoms with Gasteiger partial charge in [0.25, 0.3) is 0 Å². The normalized spacial score (nSPS) is 21.1. The number of hydrogen-bond acceptors (Lipinski definition) is 6. The van der Waals surface area contributed by atoms with Crippen LogP contribution in [-0.2, 0) is 37.6 Å². The van der Waals surface area contributed by atoms with Crippen molar-refractivity contribution in [3.8, 4) is 5.75 Å². The zero-order valence-electron chi connectivity index (χ0n) is 23.1. The fraction of sp³-hybridized carbons (Fsp3) is 0.567. The monoisotopic (exact) mass is 546 g/mol. The number of piperidine rings is 1. The second-order valence-electron chi connectivity index (χ2n) is 10.4. The summed E-state index contributed by atoms with van der Waals surface area (Å²) < 4.78 is 50.8. The van der Waals surface area contributed by atoms with Gasteiger partial charge in [0, 0.05) is 53.1 Å². The Kier molecular flexibility index (Phi) is 10.3. The summed E-state index contributed by atoms with van der Waals surface area (Å²) in [4.78, 5) is 16.2. The number of carbonyl (C=O) groups is 1. The standard InChI is InChI=1S/C30H40F2N2O5/c1-36-10-4-5-21-13-22(15-27(14-21)39-12-11-37-2)20-34(26-6-7-26)29(35)28-19-33-9-8-30(28,38-3)23-16-24(31)18-25(32)17-23/h13-18,26,28,33H,4-12,19-20H2,1-3H3/t28-,30+/m1/s1. The molecule has 2 aromatic rings. The maximum atomic E-state index is 14.3. The molecule has 9 heteroatoms. The van der Waals surface area contributed by atoms with Gasteiger partial charge in [0.1, 0.15) is 29.6 Å². The predicted molar refractivity (Wildman–Crippen MR) is 144 cm³/mol. The molecular formula is C30H40F2N2O5. The van der Waals surface area contributed by atoms with Crippen molar-refractivity contribution in [1.29, 1.82) is 0 Å². The Labute approximate surface area is 229 Å². The number of rotatable bonds is 14. The molecule has 2 aliphatic rings. The number of nitrogens with one attached hydrogen (secondary N) is 1. The Morgan fingerprint density at radius 2 is 1.69 bits per heavy atom. The Morgan fingerprint density at radius 1 is 0.974 bits per heavy atom. The first-order valence-corrected chi connectivity index (χ1v) is 13.7. The topological polar surface area (TPSA) is 69.3 Å². The molecule has 214 valence electrons. The Balaban J connectivity index is 1.62. The molecule has 2 atom stereocenters. The minimum absolute atomic E-state index is 0.0807. The van der Waals surface area contributed by atoms with Gasteiger partial charge in [-0.1, -0.05) is 6.07 Å². The number of aryl methyl sites for hydroxylation is 1. The van der Waals surface area contributed by atoms with Gasteiger partial charge in [-0.2, -0.15) is 0 Å². The average Bonchev–Trinajstić information content (AvgIpc) is 3.76. The highest BCUT2D eigenvalue weighted by atomic mass is 19.1. The van der Waals surface area contributed by atoms with Gasteiger partial charge in [-0.15, -0.1) is 0 Å². The molecular weight excluding hydrogens is 506 g/mol. The lowest BCUT2D eigenvalue weighted by Crippen LogP contribution is -2.56. The summed E-state index contributed by atoms with van der Waals surface area (Å²) in [5.74, 6) is -1.35. The van der Waals surface area contributed by atoms with E-state index in [0.29, 0.717) is 51.4 Å². The van der Waals surface area contributed by atoms with Crippen molar-refractivity contribution in [2.45, 2.75) is 50.3 Å². The van der Waals surface area contributed by atoms with Crippen molar-refractivity contribution in [2.75, 3.05) is 54.2 Å². The zero-order valence-corrected chi connectivity index (χ0v) is 23.1. The van der Waals surface area contributed by atoms with E-state index >= 15 is 0 Å². The maximum absolute atomic E-state index is 14.3. The molecule has 1 amide bonds. The van der Waals surface area contributed by atoms with Crippen molar-refractivity contribution in [1.82, 2.24) is 10.2 Å². The lowest BCUT2D eigenvalue weighted by Gasteiger charge is -2.44. The number of carbonyl (C=O) groups excluding carboxylic acids is 1. The smallest absolute Gasteiger partial charge is 0.230 e. The summed E-state index contributed by atoms with van der Waals surface area (Å²) in [6.07, 6.45) is 3.96. The van der Waals surface area contributed by atoms with Crippen LogP contribution in [0.25, 0.3) is 0 Å². The van der Waals surface area contributed by atoms with Crippen molar-refractivity contribution in [2.24, 2.45) is 5.92 Å². The lowest BCUT2D eigenvalue weighted by molar-refractivity contribution is -0.155. The number of hydrogen-bond donors (Lipinski definition) is 1. The zero-order chi connectivity index (χ0) is 27.8. The van der Waals surface area contributed by atoms with Crippen LogP contribution < -0.4 is 10.1 Å². The number of nitrogens with zero attached hydrogens (tertiary/aromatic N) is 1. The molecule has 1 aliphatic carbocycles. The molecule has 2 fully saturated rings. The molecule has 0 aromatic heterocycles.